The van der Waals surface area contributed by atoms with E-state index in [0.717, 1.165) is 30.7 Å². The van der Waals surface area contributed by atoms with Gasteiger partial charge in [-0.1, -0.05) is 11.8 Å². The minimum absolute atomic E-state index is 0.0357. The van der Waals surface area contributed by atoms with Crippen molar-refractivity contribution < 1.29 is 24.2 Å². The Morgan fingerprint density at radius 1 is 1.31 bits per heavy atom. The topological polar surface area (TPSA) is 123 Å². The number of rotatable bonds is 6. The maximum atomic E-state index is 13.0. The van der Waals surface area contributed by atoms with Gasteiger partial charge >= 0.3 is 5.97 Å². The van der Waals surface area contributed by atoms with Gasteiger partial charge in [0.25, 0.3) is 0 Å². The number of ketones is 1. The highest BCUT2D eigenvalue weighted by atomic mass is 32.2. The number of likely N-dealkylation sites (tertiary alicyclic amines) is 1. The van der Waals surface area contributed by atoms with Crippen LogP contribution in [0.4, 0.5) is 0 Å². The second kappa shape index (κ2) is 9.62. The van der Waals surface area contributed by atoms with Crippen molar-refractivity contribution in [3.63, 3.8) is 0 Å². The third-order valence-corrected chi connectivity index (χ3v) is 8.01. The summed E-state index contributed by atoms with van der Waals surface area (Å²) in [6, 6.07) is 0. The van der Waals surface area contributed by atoms with Crippen molar-refractivity contribution in [2.24, 2.45) is 5.92 Å². The van der Waals surface area contributed by atoms with Gasteiger partial charge in [-0.2, -0.15) is 0 Å². The predicted octanol–water partition coefficient (Wildman–Crippen LogP) is 1.02. The number of hydrogen-bond acceptors (Lipinski definition) is 9. The molecule has 5 heterocycles. The SMILES string of the molecule is CC1=C2C(=O)C(C(=O)O)=CN(C3NC=CS3)C2NC(N2CC(C(=O)NCC3CCCC(C)O3)C2)=C1. The molecular formula is C24H31N5O5S. The lowest BCUT2D eigenvalue weighted by molar-refractivity contribution is -0.134. The van der Waals surface area contributed by atoms with E-state index in [1.807, 2.05) is 23.3 Å². The van der Waals surface area contributed by atoms with Gasteiger partial charge in [0.1, 0.15) is 17.6 Å². The van der Waals surface area contributed by atoms with Crippen LogP contribution in [0.15, 0.2) is 46.4 Å². The van der Waals surface area contributed by atoms with E-state index in [0.29, 0.717) is 25.2 Å². The molecule has 0 aromatic carbocycles. The van der Waals surface area contributed by atoms with Crippen LogP contribution in [0.2, 0.25) is 0 Å². The van der Waals surface area contributed by atoms with Gasteiger partial charge < -0.3 is 35.6 Å². The Kier molecular flexibility index (Phi) is 6.54. The highest BCUT2D eigenvalue weighted by Gasteiger charge is 2.43. The zero-order valence-corrected chi connectivity index (χ0v) is 20.6. The lowest BCUT2D eigenvalue weighted by atomic mass is 9.90. The number of nitrogens with zero attached hydrogens (tertiary/aromatic N) is 2. The molecule has 11 heteroatoms. The van der Waals surface area contributed by atoms with Gasteiger partial charge in [-0.25, -0.2) is 4.79 Å². The Balaban J connectivity index is 1.24. The first-order chi connectivity index (χ1) is 16.8. The number of carboxylic acid groups (broad SMARTS) is 1. The molecule has 0 aliphatic carbocycles. The Bertz CT molecular complexity index is 1040. The summed E-state index contributed by atoms with van der Waals surface area (Å²) >= 11 is 1.50. The molecule has 0 bridgehead atoms. The number of thioether (sulfide) groups is 1. The summed E-state index contributed by atoms with van der Waals surface area (Å²) < 4.78 is 5.90. The molecule has 0 saturated carbocycles. The average molecular weight is 502 g/mol. The van der Waals surface area contributed by atoms with E-state index < -0.39 is 17.9 Å². The molecule has 0 aromatic rings. The molecule has 5 aliphatic rings. The fourth-order valence-corrected chi connectivity index (χ4v) is 5.91. The number of nitrogens with one attached hydrogen (secondary N) is 3. The molecular weight excluding hydrogens is 470 g/mol. The van der Waals surface area contributed by atoms with Crippen LogP contribution in [0.1, 0.15) is 33.1 Å². The molecule has 2 saturated heterocycles. The zero-order valence-electron chi connectivity index (χ0n) is 19.8. The fraction of sp³-hybridized carbons (Fsp3) is 0.542. The van der Waals surface area contributed by atoms with Crippen LogP contribution in [0, 0.1) is 5.92 Å². The average Bonchev–Trinajstić information content (AvgIpc) is 3.31. The monoisotopic (exact) mass is 501 g/mol. The molecule has 1 amide bonds. The quantitative estimate of drug-likeness (QED) is 0.392. The van der Waals surface area contributed by atoms with E-state index in [-0.39, 0.29) is 35.1 Å². The van der Waals surface area contributed by atoms with Crippen LogP contribution in [-0.2, 0) is 19.1 Å². The number of ether oxygens (including phenoxy) is 1. The smallest absolute Gasteiger partial charge is 0.341 e. The number of amides is 1. The van der Waals surface area contributed by atoms with E-state index in [4.69, 9.17) is 4.74 Å². The summed E-state index contributed by atoms with van der Waals surface area (Å²) in [6.45, 7) is 5.59. The predicted molar refractivity (Wildman–Crippen MR) is 130 cm³/mol. The molecule has 35 heavy (non-hydrogen) atoms. The van der Waals surface area contributed by atoms with Gasteiger partial charge in [0, 0.05) is 37.6 Å². The number of carboxylic acids is 1. The number of hydrogen-bond donors (Lipinski definition) is 4. The minimum Gasteiger partial charge on any atom is -0.477 e. The summed E-state index contributed by atoms with van der Waals surface area (Å²) in [6.07, 6.45) is 8.09. The first-order valence-electron chi connectivity index (χ1n) is 12.0. The number of dihydropyridines is 1. The standard InChI is InChI=1S/C24H31N5O5S/c1-13-8-18(28-10-15(11-28)22(31)26-9-16-5-3-4-14(2)34-16)27-21-19(13)20(30)17(23(32)33)12-29(21)24-25-6-7-35-24/h6-8,12,14-16,21,24-25,27H,3-5,9-11H2,1-2H3,(H,26,31)(H,32,33). The third-order valence-electron chi connectivity index (χ3n) is 7.08. The van der Waals surface area contributed by atoms with Gasteiger partial charge in [0.2, 0.25) is 11.7 Å². The van der Waals surface area contributed by atoms with Crippen LogP contribution < -0.4 is 16.0 Å². The van der Waals surface area contributed by atoms with Crippen molar-refractivity contribution in [3.8, 4) is 0 Å². The molecule has 0 spiro atoms. The largest absolute Gasteiger partial charge is 0.477 e. The highest BCUT2D eigenvalue weighted by Crippen LogP contribution is 2.35. The Labute approximate surface area is 208 Å². The summed E-state index contributed by atoms with van der Waals surface area (Å²) in [5.41, 5.74) is 0.662. The second-order valence-corrected chi connectivity index (χ2v) is 10.6. The highest BCUT2D eigenvalue weighted by molar-refractivity contribution is 8.02. The molecule has 0 aromatic heterocycles. The van der Waals surface area contributed by atoms with Crippen molar-refractivity contribution in [1.29, 1.82) is 0 Å². The van der Waals surface area contributed by atoms with Crippen molar-refractivity contribution in [2.45, 2.75) is 57.0 Å². The van der Waals surface area contributed by atoms with Crippen molar-refractivity contribution in [1.82, 2.24) is 25.8 Å². The number of carbonyl (C=O) groups is 3. The Morgan fingerprint density at radius 3 is 2.80 bits per heavy atom. The van der Waals surface area contributed by atoms with Crippen LogP contribution in [-0.4, -0.2) is 76.1 Å². The van der Waals surface area contributed by atoms with Crippen LogP contribution in [0.5, 0.6) is 0 Å². The van der Waals surface area contributed by atoms with Gasteiger partial charge in [0.15, 0.2) is 5.50 Å². The van der Waals surface area contributed by atoms with Crippen LogP contribution in [0.25, 0.3) is 0 Å². The second-order valence-electron chi connectivity index (χ2n) is 9.60. The summed E-state index contributed by atoms with van der Waals surface area (Å²) in [5, 5.41) is 21.1. The summed E-state index contributed by atoms with van der Waals surface area (Å²) in [5.74, 6) is -0.966. The fourth-order valence-electron chi connectivity index (χ4n) is 5.12. The Hall–Kier alpha value is -2.92. The summed E-state index contributed by atoms with van der Waals surface area (Å²) in [7, 11) is 0. The first-order valence-corrected chi connectivity index (χ1v) is 13.0. The lowest BCUT2D eigenvalue weighted by Crippen LogP contribution is -2.61. The van der Waals surface area contributed by atoms with Gasteiger partial charge in [-0.3, -0.25) is 9.59 Å². The molecule has 4 unspecified atom stereocenters. The maximum Gasteiger partial charge on any atom is 0.341 e. The molecule has 0 radical (unpaired) electrons. The molecule has 188 valence electrons. The maximum absolute atomic E-state index is 13.0. The van der Waals surface area contributed by atoms with Crippen molar-refractivity contribution in [3.05, 3.63) is 46.4 Å². The van der Waals surface area contributed by atoms with Gasteiger partial charge in [0.05, 0.1) is 18.1 Å². The van der Waals surface area contributed by atoms with E-state index in [1.54, 1.807) is 6.20 Å². The normalized spacial score (nSPS) is 30.6. The van der Waals surface area contributed by atoms with Crippen molar-refractivity contribution >= 4 is 29.4 Å². The minimum atomic E-state index is -1.24. The number of fused-ring (bicyclic) bond motifs is 1. The number of aliphatic carboxylic acids is 1. The van der Waals surface area contributed by atoms with E-state index in [1.165, 1.54) is 18.0 Å². The van der Waals surface area contributed by atoms with Crippen molar-refractivity contribution in [2.75, 3.05) is 19.6 Å². The van der Waals surface area contributed by atoms with E-state index >= 15 is 0 Å². The molecule has 5 aliphatic heterocycles. The molecule has 10 nitrogen and oxygen atoms in total. The van der Waals surface area contributed by atoms with Crippen LogP contribution >= 0.6 is 11.8 Å². The summed E-state index contributed by atoms with van der Waals surface area (Å²) in [4.78, 5) is 41.3. The third kappa shape index (κ3) is 4.66. The van der Waals surface area contributed by atoms with E-state index in [2.05, 4.69) is 27.8 Å². The first kappa shape index (κ1) is 23.8. The van der Waals surface area contributed by atoms with Gasteiger partial charge in [-0.15, -0.1) is 0 Å². The number of Topliss-reactive ketones (excluding diaryl/α,β-unsaturated/α-hetero) is 1. The number of allylic oxidation sites excluding steroid dienone is 2. The zero-order chi connectivity index (χ0) is 24.7. The van der Waals surface area contributed by atoms with Crippen LogP contribution in [0.3, 0.4) is 0 Å². The molecule has 2 fully saturated rings. The lowest BCUT2D eigenvalue weighted by Gasteiger charge is -2.47. The molecule has 4 N–H and O–H groups in total. The molecule has 5 rings (SSSR count). The van der Waals surface area contributed by atoms with Gasteiger partial charge in [-0.05, 0) is 50.2 Å². The molecule has 4 atom stereocenters. The Morgan fingerprint density at radius 2 is 2.11 bits per heavy atom. The van der Waals surface area contributed by atoms with E-state index in [9.17, 15) is 19.5 Å². The number of carbonyl (C=O) groups excluding carboxylic acids is 2.